The molecule has 0 bridgehead atoms. The van der Waals surface area contributed by atoms with Crippen LogP contribution in [0, 0.1) is 5.92 Å². The zero-order chi connectivity index (χ0) is 15.0. The van der Waals surface area contributed by atoms with Crippen LogP contribution < -0.4 is 5.32 Å². The number of urea groups is 1. The molecule has 5 heteroatoms. The van der Waals surface area contributed by atoms with Gasteiger partial charge in [-0.15, -0.1) is 0 Å². The summed E-state index contributed by atoms with van der Waals surface area (Å²) in [6, 6.07) is 9.54. The van der Waals surface area contributed by atoms with Crippen molar-refractivity contribution in [3.63, 3.8) is 0 Å². The maximum absolute atomic E-state index is 11.9. The van der Waals surface area contributed by atoms with E-state index in [9.17, 15) is 9.59 Å². The molecule has 0 aromatic heterocycles. The van der Waals surface area contributed by atoms with E-state index in [0.29, 0.717) is 13.1 Å². The number of benzene rings is 1. The molecule has 5 nitrogen and oxygen atoms in total. The topological polar surface area (TPSA) is 69.6 Å². The SMILES string of the molecule is CCC(CNC(=O)N(C)Cc1ccccc1)CC(=O)O. The van der Waals surface area contributed by atoms with Crippen LogP contribution in [0.1, 0.15) is 25.3 Å². The number of carboxylic acids is 1. The molecular weight excluding hydrogens is 256 g/mol. The number of carbonyl (C=O) groups is 2. The molecule has 2 amide bonds. The van der Waals surface area contributed by atoms with Crippen molar-refractivity contribution in [2.24, 2.45) is 5.92 Å². The number of aliphatic carboxylic acids is 1. The molecule has 0 aliphatic carbocycles. The van der Waals surface area contributed by atoms with Gasteiger partial charge < -0.3 is 15.3 Å². The van der Waals surface area contributed by atoms with Crippen LogP contribution in [-0.4, -0.2) is 35.6 Å². The highest BCUT2D eigenvalue weighted by Gasteiger charge is 2.14. The van der Waals surface area contributed by atoms with Crippen molar-refractivity contribution < 1.29 is 14.7 Å². The Balaban J connectivity index is 2.39. The molecule has 0 saturated heterocycles. The van der Waals surface area contributed by atoms with Gasteiger partial charge in [-0.25, -0.2) is 4.79 Å². The molecule has 20 heavy (non-hydrogen) atoms. The average Bonchev–Trinajstić information content (AvgIpc) is 2.43. The zero-order valence-electron chi connectivity index (χ0n) is 12.0. The summed E-state index contributed by atoms with van der Waals surface area (Å²) in [7, 11) is 1.72. The molecule has 1 aromatic carbocycles. The largest absolute Gasteiger partial charge is 0.481 e. The molecule has 1 aromatic rings. The van der Waals surface area contributed by atoms with Crippen molar-refractivity contribution in [2.75, 3.05) is 13.6 Å². The van der Waals surface area contributed by atoms with Crippen LogP contribution in [0.15, 0.2) is 30.3 Å². The number of carboxylic acid groups (broad SMARTS) is 1. The Morgan fingerprint density at radius 1 is 1.30 bits per heavy atom. The zero-order valence-corrected chi connectivity index (χ0v) is 12.0. The molecule has 0 radical (unpaired) electrons. The summed E-state index contributed by atoms with van der Waals surface area (Å²) in [6.07, 6.45) is 0.814. The molecule has 110 valence electrons. The molecule has 1 rings (SSSR count). The smallest absolute Gasteiger partial charge is 0.317 e. The fourth-order valence-electron chi connectivity index (χ4n) is 1.90. The third kappa shape index (κ3) is 5.73. The number of nitrogens with zero attached hydrogens (tertiary/aromatic N) is 1. The van der Waals surface area contributed by atoms with Gasteiger partial charge in [-0.2, -0.15) is 0 Å². The van der Waals surface area contributed by atoms with E-state index in [-0.39, 0.29) is 18.4 Å². The van der Waals surface area contributed by atoms with E-state index in [2.05, 4.69) is 5.32 Å². The second-order valence-corrected chi connectivity index (χ2v) is 4.90. The van der Waals surface area contributed by atoms with Gasteiger partial charge in [-0.05, 0) is 11.5 Å². The lowest BCUT2D eigenvalue weighted by atomic mass is 10.0. The van der Waals surface area contributed by atoms with Gasteiger partial charge in [0.25, 0.3) is 0 Å². The van der Waals surface area contributed by atoms with Crippen molar-refractivity contribution in [3.8, 4) is 0 Å². The van der Waals surface area contributed by atoms with E-state index in [0.717, 1.165) is 12.0 Å². The molecule has 0 heterocycles. The van der Waals surface area contributed by atoms with Crippen molar-refractivity contribution in [3.05, 3.63) is 35.9 Å². The van der Waals surface area contributed by atoms with Gasteiger partial charge in [0.2, 0.25) is 0 Å². The van der Waals surface area contributed by atoms with Crippen LogP contribution in [0.25, 0.3) is 0 Å². The van der Waals surface area contributed by atoms with Gasteiger partial charge in [0.1, 0.15) is 0 Å². The van der Waals surface area contributed by atoms with Gasteiger partial charge in [0.15, 0.2) is 0 Å². The molecule has 0 saturated carbocycles. The van der Waals surface area contributed by atoms with Crippen LogP contribution in [0.3, 0.4) is 0 Å². The Bertz CT molecular complexity index is 434. The molecule has 0 fully saturated rings. The van der Waals surface area contributed by atoms with E-state index >= 15 is 0 Å². The van der Waals surface area contributed by atoms with Gasteiger partial charge >= 0.3 is 12.0 Å². The molecule has 0 aliphatic heterocycles. The highest BCUT2D eigenvalue weighted by molar-refractivity contribution is 5.74. The lowest BCUT2D eigenvalue weighted by Gasteiger charge is -2.20. The first kappa shape index (κ1) is 16.0. The van der Waals surface area contributed by atoms with Crippen molar-refractivity contribution >= 4 is 12.0 Å². The van der Waals surface area contributed by atoms with Gasteiger partial charge in [-0.3, -0.25) is 4.79 Å². The number of carbonyl (C=O) groups excluding carboxylic acids is 1. The Morgan fingerprint density at radius 2 is 1.95 bits per heavy atom. The monoisotopic (exact) mass is 278 g/mol. The fourth-order valence-corrected chi connectivity index (χ4v) is 1.90. The normalized spacial score (nSPS) is 11.7. The molecular formula is C15H22N2O3. The first-order valence-corrected chi connectivity index (χ1v) is 6.77. The summed E-state index contributed by atoms with van der Waals surface area (Å²) in [5, 5.41) is 11.5. The maximum atomic E-state index is 11.9. The summed E-state index contributed by atoms with van der Waals surface area (Å²) in [5.74, 6) is -0.856. The van der Waals surface area contributed by atoms with E-state index in [1.165, 1.54) is 0 Å². The van der Waals surface area contributed by atoms with Crippen molar-refractivity contribution in [1.82, 2.24) is 10.2 Å². The average molecular weight is 278 g/mol. The van der Waals surface area contributed by atoms with Crippen molar-refractivity contribution in [2.45, 2.75) is 26.3 Å². The van der Waals surface area contributed by atoms with E-state index < -0.39 is 5.97 Å². The Morgan fingerprint density at radius 3 is 2.50 bits per heavy atom. The Kier molecular flexibility index (Phi) is 6.56. The molecule has 0 aliphatic rings. The lowest BCUT2D eigenvalue weighted by Crippen LogP contribution is -2.39. The Labute approximate surface area is 119 Å². The lowest BCUT2D eigenvalue weighted by molar-refractivity contribution is -0.138. The molecule has 0 spiro atoms. The number of nitrogens with one attached hydrogen (secondary N) is 1. The number of amides is 2. The minimum atomic E-state index is -0.830. The summed E-state index contributed by atoms with van der Waals surface area (Å²) in [6.45, 7) is 2.84. The summed E-state index contributed by atoms with van der Waals surface area (Å²) < 4.78 is 0. The fraction of sp³-hybridized carbons (Fsp3) is 0.467. The summed E-state index contributed by atoms with van der Waals surface area (Å²) in [5.41, 5.74) is 1.06. The second kappa shape index (κ2) is 8.19. The van der Waals surface area contributed by atoms with Gasteiger partial charge in [0, 0.05) is 26.6 Å². The minimum Gasteiger partial charge on any atom is -0.481 e. The standard InChI is InChI=1S/C15H22N2O3/c1-3-12(9-14(18)19)10-16-15(20)17(2)11-13-7-5-4-6-8-13/h4-8,12H,3,9-11H2,1-2H3,(H,16,20)(H,18,19). The van der Waals surface area contributed by atoms with Gasteiger partial charge in [0.05, 0.1) is 0 Å². The Hall–Kier alpha value is -2.04. The molecule has 1 atom stereocenters. The quantitative estimate of drug-likeness (QED) is 0.804. The van der Waals surface area contributed by atoms with Crippen LogP contribution in [-0.2, 0) is 11.3 Å². The molecule has 1 unspecified atom stereocenters. The number of hydrogen-bond acceptors (Lipinski definition) is 2. The number of hydrogen-bond donors (Lipinski definition) is 2. The van der Waals surface area contributed by atoms with Crippen LogP contribution in [0.4, 0.5) is 4.79 Å². The first-order chi connectivity index (χ1) is 9.52. The van der Waals surface area contributed by atoms with Gasteiger partial charge in [-0.1, -0.05) is 43.7 Å². The predicted octanol–water partition coefficient (Wildman–Crippen LogP) is 2.33. The number of rotatable bonds is 7. The molecule has 2 N–H and O–H groups in total. The third-order valence-corrected chi connectivity index (χ3v) is 3.19. The van der Waals surface area contributed by atoms with Crippen LogP contribution in [0.5, 0.6) is 0 Å². The highest BCUT2D eigenvalue weighted by Crippen LogP contribution is 2.07. The van der Waals surface area contributed by atoms with Crippen LogP contribution in [0.2, 0.25) is 0 Å². The summed E-state index contributed by atoms with van der Waals surface area (Å²) >= 11 is 0. The third-order valence-electron chi connectivity index (χ3n) is 3.19. The highest BCUT2D eigenvalue weighted by atomic mass is 16.4. The van der Waals surface area contributed by atoms with Crippen LogP contribution >= 0.6 is 0 Å². The van der Waals surface area contributed by atoms with E-state index in [4.69, 9.17) is 5.11 Å². The van der Waals surface area contributed by atoms with E-state index in [1.807, 2.05) is 37.3 Å². The minimum absolute atomic E-state index is 0.0263. The van der Waals surface area contributed by atoms with Crippen molar-refractivity contribution in [1.29, 1.82) is 0 Å². The predicted molar refractivity (Wildman–Crippen MR) is 77.3 cm³/mol. The maximum Gasteiger partial charge on any atom is 0.317 e. The second-order valence-electron chi connectivity index (χ2n) is 4.90. The first-order valence-electron chi connectivity index (χ1n) is 6.77. The summed E-state index contributed by atoms with van der Waals surface area (Å²) in [4.78, 5) is 24.2. The van der Waals surface area contributed by atoms with E-state index in [1.54, 1.807) is 11.9 Å².